The summed E-state index contributed by atoms with van der Waals surface area (Å²) in [6.45, 7) is 2.19. The molecule has 0 bridgehead atoms. The molecule has 0 amide bonds. The van der Waals surface area contributed by atoms with E-state index in [4.69, 9.17) is 9.47 Å². The molecule has 0 aliphatic carbocycles. The first kappa shape index (κ1) is 32.8. The number of benzene rings is 1. The lowest BCUT2D eigenvalue weighted by Crippen LogP contribution is -2.42. The summed E-state index contributed by atoms with van der Waals surface area (Å²) in [6, 6.07) is 0. The van der Waals surface area contributed by atoms with Gasteiger partial charge in [0.05, 0.1) is 0 Å². The van der Waals surface area contributed by atoms with E-state index in [1.54, 1.807) is 0 Å². The van der Waals surface area contributed by atoms with Crippen LogP contribution in [0.1, 0.15) is 115 Å². The predicted molar refractivity (Wildman–Crippen MR) is 132 cm³/mol. The molecule has 1 atom stereocenters. The molecule has 1 unspecified atom stereocenters. The maximum atomic E-state index is 13.7. The van der Waals surface area contributed by atoms with E-state index in [0.29, 0.717) is 12.8 Å². The third kappa shape index (κ3) is 10.6. The van der Waals surface area contributed by atoms with E-state index in [1.165, 1.54) is 39.9 Å². The SMILES string of the molecule is CCCCCCCCC(CCCCCCCCCCc1c(F)c(F)c(F)c(F)c1F)C(O)(OC)OC. The molecule has 0 saturated carbocycles. The summed E-state index contributed by atoms with van der Waals surface area (Å²) in [5, 5.41) is 10.7. The number of unbranched alkanes of at least 4 members (excludes halogenated alkanes) is 12. The summed E-state index contributed by atoms with van der Waals surface area (Å²) in [5.41, 5.74) is -0.728. The number of ether oxygens (including phenoxy) is 2. The van der Waals surface area contributed by atoms with Crippen molar-refractivity contribution in [1.82, 2.24) is 0 Å². The van der Waals surface area contributed by atoms with Crippen LogP contribution in [0.25, 0.3) is 0 Å². The van der Waals surface area contributed by atoms with Crippen LogP contribution < -0.4 is 0 Å². The Bertz CT molecular complexity index is 711. The van der Waals surface area contributed by atoms with Crippen molar-refractivity contribution < 1.29 is 36.5 Å². The second-order valence-corrected chi connectivity index (χ2v) is 9.71. The summed E-state index contributed by atoms with van der Waals surface area (Å²) in [4.78, 5) is 0. The van der Waals surface area contributed by atoms with Crippen molar-refractivity contribution in [3.8, 4) is 0 Å². The van der Waals surface area contributed by atoms with E-state index in [2.05, 4.69) is 6.92 Å². The standard InChI is InChI=1S/C28H45F5O3/c1-4-5-6-7-12-15-18-21(28(34,35-2)36-3)19-16-13-10-8-9-11-14-17-20-22-23(29)25(31)27(33)26(32)24(22)30/h21,34H,4-20H2,1-3H3. The average Bonchev–Trinajstić information content (AvgIpc) is 2.89. The van der Waals surface area contributed by atoms with Crippen LogP contribution in [0.2, 0.25) is 0 Å². The van der Waals surface area contributed by atoms with Crippen LogP contribution >= 0.6 is 0 Å². The average molecular weight is 525 g/mol. The van der Waals surface area contributed by atoms with E-state index < -0.39 is 40.6 Å². The summed E-state index contributed by atoms with van der Waals surface area (Å²) in [5.74, 6) is -11.0. The number of hydrogen-bond acceptors (Lipinski definition) is 3. The zero-order chi connectivity index (χ0) is 27.0. The second kappa shape index (κ2) is 18.1. The molecule has 0 aromatic heterocycles. The molecule has 0 saturated heterocycles. The quantitative estimate of drug-likeness (QED) is 0.0574. The van der Waals surface area contributed by atoms with Crippen molar-refractivity contribution in [1.29, 1.82) is 0 Å². The highest BCUT2D eigenvalue weighted by Gasteiger charge is 2.36. The molecule has 0 spiro atoms. The molecule has 8 heteroatoms. The van der Waals surface area contributed by atoms with Gasteiger partial charge in [-0.15, -0.1) is 0 Å². The van der Waals surface area contributed by atoms with E-state index in [9.17, 15) is 27.1 Å². The smallest absolute Gasteiger partial charge is 0.282 e. The van der Waals surface area contributed by atoms with Gasteiger partial charge in [-0.2, -0.15) is 0 Å². The number of rotatable bonds is 21. The van der Waals surface area contributed by atoms with Crippen LogP contribution in [0, 0.1) is 35.0 Å². The van der Waals surface area contributed by atoms with Gasteiger partial charge in [0, 0.05) is 25.7 Å². The molecule has 1 rings (SSSR count). The fraction of sp³-hybridized carbons (Fsp3) is 0.786. The molecule has 0 aliphatic rings. The number of aliphatic hydroxyl groups is 1. The van der Waals surface area contributed by atoms with Gasteiger partial charge in [-0.05, 0) is 25.7 Å². The zero-order valence-electron chi connectivity index (χ0n) is 22.3. The Labute approximate surface area is 213 Å². The summed E-state index contributed by atoms with van der Waals surface area (Å²) < 4.78 is 77.6. The largest absolute Gasteiger partial charge is 0.343 e. The van der Waals surface area contributed by atoms with Crippen LogP contribution in [0.5, 0.6) is 0 Å². The number of hydrogen-bond donors (Lipinski definition) is 1. The Morgan fingerprint density at radius 1 is 0.583 bits per heavy atom. The monoisotopic (exact) mass is 524 g/mol. The van der Waals surface area contributed by atoms with E-state index in [1.807, 2.05) is 0 Å². The molecule has 1 N–H and O–H groups in total. The van der Waals surface area contributed by atoms with Crippen LogP contribution in [0.15, 0.2) is 0 Å². The minimum absolute atomic E-state index is 0.0828. The second-order valence-electron chi connectivity index (χ2n) is 9.71. The van der Waals surface area contributed by atoms with Gasteiger partial charge in [0.2, 0.25) is 5.82 Å². The molecule has 0 aliphatic heterocycles. The van der Waals surface area contributed by atoms with E-state index in [-0.39, 0.29) is 12.3 Å². The van der Waals surface area contributed by atoms with Gasteiger partial charge in [-0.1, -0.05) is 90.4 Å². The minimum atomic E-state index is -2.11. The lowest BCUT2D eigenvalue weighted by Gasteiger charge is -2.33. The third-order valence-corrected chi connectivity index (χ3v) is 7.04. The van der Waals surface area contributed by atoms with Crippen molar-refractivity contribution in [3.05, 3.63) is 34.6 Å². The fourth-order valence-electron chi connectivity index (χ4n) is 4.72. The highest BCUT2D eigenvalue weighted by Crippen LogP contribution is 2.30. The third-order valence-electron chi connectivity index (χ3n) is 7.04. The molecule has 36 heavy (non-hydrogen) atoms. The zero-order valence-corrected chi connectivity index (χ0v) is 22.3. The lowest BCUT2D eigenvalue weighted by molar-refractivity contribution is -0.369. The minimum Gasteiger partial charge on any atom is -0.343 e. The maximum Gasteiger partial charge on any atom is 0.282 e. The highest BCUT2D eigenvalue weighted by molar-refractivity contribution is 5.24. The molecule has 1 aromatic carbocycles. The van der Waals surface area contributed by atoms with Crippen molar-refractivity contribution in [3.63, 3.8) is 0 Å². The first-order valence-corrected chi connectivity index (χ1v) is 13.6. The van der Waals surface area contributed by atoms with Crippen molar-refractivity contribution in [2.45, 2.75) is 122 Å². The van der Waals surface area contributed by atoms with E-state index >= 15 is 0 Å². The molecule has 3 nitrogen and oxygen atoms in total. The van der Waals surface area contributed by atoms with Crippen molar-refractivity contribution in [2.75, 3.05) is 14.2 Å². The van der Waals surface area contributed by atoms with Gasteiger partial charge >= 0.3 is 0 Å². The van der Waals surface area contributed by atoms with E-state index in [0.717, 1.165) is 64.2 Å². The Hall–Kier alpha value is -1.25. The number of methoxy groups -OCH3 is 2. The predicted octanol–water partition coefficient (Wildman–Crippen LogP) is 8.74. The first-order valence-electron chi connectivity index (χ1n) is 13.6. The Morgan fingerprint density at radius 2 is 0.944 bits per heavy atom. The van der Waals surface area contributed by atoms with Gasteiger partial charge in [-0.3, -0.25) is 0 Å². The topological polar surface area (TPSA) is 38.7 Å². The summed E-state index contributed by atoms with van der Waals surface area (Å²) in [6.07, 6.45) is 15.4. The molecule has 0 radical (unpaired) electrons. The maximum absolute atomic E-state index is 13.7. The molecular formula is C28H45F5O3. The van der Waals surface area contributed by atoms with Crippen LogP contribution in [-0.2, 0) is 15.9 Å². The molecular weight excluding hydrogens is 479 g/mol. The highest BCUT2D eigenvalue weighted by atomic mass is 19.2. The summed E-state index contributed by atoms with van der Waals surface area (Å²) in [7, 11) is 2.92. The van der Waals surface area contributed by atoms with Gasteiger partial charge in [0.1, 0.15) is 0 Å². The van der Waals surface area contributed by atoms with Crippen molar-refractivity contribution >= 4 is 0 Å². The van der Waals surface area contributed by atoms with Crippen LogP contribution in [-0.4, -0.2) is 25.3 Å². The van der Waals surface area contributed by atoms with Gasteiger partial charge in [0.15, 0.2) is 23.3 Å². The summed E-state index contributed by atoms with van der Waals surface area (Å²) >= 11 is 0. The molecule has 1 aromatic rings. The van der Waals surface area contributed by atoms with Gasteiger partial charge in [0.25, 0.3) is 5.97 Å². The Balaban J connectivity index is 2.25. The molecule has 0 heterocycles. The number of halogens is 5. The van der Waals surface area contributed by atoms with Crippen LogP contribution in [0.4, 0.5) is 22.0 Å². The lowest BCUT2D eigenvalue weighted by atomic mass is 9.91. The Kier molecular flexibility index (Phi) is 16.5. The van der Waals surface area contributed by atoms with Gasteiger partial charge in [-0.25, -0.2) is 22.0 Å². The first-order chi connectivity index (χ1) is 17.2. The Morgan fingerprint density at radius 3 is 1.36 bits per heavy atom. The fourth-order valence-corrected chi connectivity index (χ4v) is 4.72. The molecule has 210 valence electrons. The van der Waals surface area contributed by atoms with Gasteiger partial charge < -0.3 is 14.6 Å². The van der Waals surface area contributed by atoms with Crippen LogP contribution in [0.3, 0.4) is 0 Å². The normalized spacial score (nSPS) is 12.9. The molecule has 0 fully saturated rings. The van der Waals surface area contributed by atoms with Crippen molar-refractivity contribution in [2.24, 2.45) is 5.92 Å².